The van der Waals surface area contributed by atoms with Crippen molar-refractivity contribution in [3.63, 3.8) is 0 Å². The fraction of sp³-hybridized carbons (Fsp3) is 0.524. The zero-order chi connectivity index (χ0) is 19.1. The highest BCUT2D eigenvalue weighted by Crippen LogP contribution is 2.24. The monoisotopic (exact) mass is 374 g/mol. The molecule has 1 aromatic heterocycles. The minimum atomic E-state index is -0.0693. The molecule has 0 aliphatic carbocycles. The predicted molar refractivity (Wildman–Crippen MR) is 103 cm³/mol. The Kier molecular flexibility index (Phi) is 7.29. The summed E-state index contributed by atoms with van der Waals surface area (Å²) in [5.41, 5.74) is 1.19. The SMILES string of the molecule is CCOc1ccccc1CN1CCN(Cc2ccc(CO)o2)C[C@@H]1CCO. The Balaban J connectivity index is 1.64. The van der Waals surface area contributed by atoms with E-state index in [1.54, 1.807) is 0 Å². The first kappa shape index (κ1) is 19.9. The number of aliphatic hydroxyl groups excluding tert-OH is 2. The van der Waals surface area contributed by atoms with Crippen molar-refractivity contribution in [3.05, 3.63) is 53.5 Å². The maximum absolute atomic E-state index is 9.54. The van der Waals surface area contributed by atoms with Crippen LogP contribution in [0.1, 0.15) is 30.4 Å². The molecule has 0 unspecified atom stereocenters. The number of rotatable bonds is 9. The number of benzene rings is 1. The van der Waals surface area contributed by atoms with Crippen LogP contribution in [0.5, 0.6) is 5.75 Å². The zero-order valence-corrected chi connectivity index (χ0v) is 16.0. The number of furan rings is 1. The number of hydrogen-bond acceptors (Lipinski definition) is 6. The first-order chi connectivity index (χ1) is 13.2. The maximum atomic E-state index is 9.54. The zero-order valence-electron chi connectivity index (χ0n) is 16.0. The molecule has 148 valence electrons. The minimum Gasteiger partial charge on any atom is -0.494 e. The van der Waals surface area contributed by atoms with Crippen molar-refractivity contribution in [3.8, 4) is 5.75 Å². The van der Waals surface area contributed by atoms with Crippen molar-refractivity contribution in [2.75, 3.05) is 32.8 Å². The van der Waals surface area contributed by atoms with Crippen LogP contribution in [0.2, 0.25) is 0 Å². The molecule has 1 aromatic carbocycles. The van der Waals surface area contributed by atoms with E-state index < -0.39 is 0 Å². The molecule has 0 spiro atoms. The highest BCUT2D eigenvalue weighted by molar-refractivity contribution is 5.33. The Morgan fingerprint density at radius 3 is 2.63 bits per heavy atom. The number of para-hydroxylation sites is 1. The van der Waals surface area contributed by atoms with Crippen LogP contribution in [0, 0.1) is 0 Å². The van der Waals surface area contributed by atoms with Crippen molar-refractivity contribution in [1.29, 1.82) is 0 Å². The third-order valence-corrected chi connectivity index (χ3v) is 5.05. The Bertz CT molecular complexity index is 703. The van der Waals surface area contributed by atoms with Gasteiger partial charge in [-0.2, -0.15) is 0 Å². The van der Waals surface area contributed by atoms with E-state index in [4.69, 9.17) is 14.3 Å². The maximum Gasteiger partial charge on any atom is 0.129 e. The number of nitrogens with zero attached hydrogens (tertiary/aromatic N) is 2. The summed E-state index contributed by atoms with van der Waals surface area (Å²) >= 11 is 0. The fourth-order valence-corrected chi connectivity index (χ4v) is 3.69. The molecule has 6 nitrogen and oxygen atoms in total. The molecule has 27 heavy (non-hydrogen) atoms. The van der Waals surface area contributed by atoms with E-state index in [0.29, 0.717) is 12.4 Å². The number of piperazine rings is 1. The summed E-state index contributed by atoms with van der Waals surface area (Å²) in [5.74, 6) is 2.41. The second kappa shape index (κ2) is 9.90. The van der Waals surface area contributed by atoms with Crippen molar-refractivity contribution in [2.45, 2.75) is 39.1 Å². The normalized spacial score (nSPS) is 18.7. The fourth-order valence-electron chi connectivity index (χ4n) is 3.69. The average molecular weight is 374 g/mol. The van der Waals surface area contributed by atoms with E-state index >= 15 is 0 Å². The van der Waals surface area contributed by atoms with Gasteiger partial charge in [0.15, 0.2) is 0 Å². The third kappa shape index (κ3) is 5.32. The quantitative estimate of drug-likeness (QED) is 0.702. The molecule has 3 rings (SSSR count). The molecule has 0 saturated carbocycles. The van der Waals surface area contributed by atoms with Gasteiger partial charge in [-0.15, -0.1) is 0 Å². The molecule has 2 N–H and O–H groups in total. The minimum absolute atomic E-state index is 0.0693. The summed E-state index contributed by atoms with van der Waals surface area (Å²) in [6.45, 7) is 7.07. The molecule has 0 radical (unpaired) electrons. The largest absolute Gasteiger partial charge is 0.494 e. The second-order valence-electron chi connectivity index (χ2n) is 6.94. The van der Waals surface area contributed by atoms with Crippen molar-refractivity contribution < 1.29 is 19.4 Å². The van der Waals surface area contributed by atoms with Crippen molar-refractivity contribution in [1.82, 2.24) is 9.80 Å². The molecular formula is C21H30N2O4. The average Bonchev–Trinajstić information content (AvgIpc) is 3.13. The van der Waals surface area contributed by atoms with Crippen LogP contribution in [0.4, 0.5) is 0 Å². The predicted octanol–water partition coefficient (Wildman–Crippen LogP) is 2.24. The summed E-state index contributed by atoms with van der Waals surface area (Å²) in [6, 6.07) is 12.2. The van der Waals surface area contributed by atoms with Gasteiger partial charge in [0.2, 0.25) is 0 Å². The Labute approximate surface area is 161 Å². The van der Waals surface area contributed by atoms with E-state index in [-0.39, 0.29) is 19.3 Å². The lowest BCUT2D eigenvalue weighted by Crippen LogP contribution is -2.52. The lowest BCUT2D eigenvalue weighted by atomic mass is 10.1. The van der Waals surface area contributed by atoms with Crippen LogP contribution in [0.15, 0.2) is 40.8 Å². The van der Waals surface area contributed by atoms with E-state index in [2.05, 4.69) is 15.9 Å². The highest BCUT2D eigenvalue weighted by Gasteiger charge is 2.27. The van der Waals surface area contributed by atoms with Gasteiger partial charge in [-0.05, 0) is 31.5 Å². The van der Waals surface area contributed by atoms with Crippen LogP contribution >= 0.6 is 0 Å². The van der Waals surface area contributed by atoms with Crippen molar-refractivity contribution >= 4 is 0 Å². The molecule has 1 aliphatic rings. The van der Waals surface area contributed by atoms with E-state index in [1.807, 2.05) is 37.3 Å². The van der Waals surface area contributed by atoms with E-state index in [9.17, 15) is 5.11 Å². The van der Waals surface area contributed by atoms with Crippen molar-refractivity contribution in [2.24, 2.45) is 0 Å². The van der Waals surface area contributed by atoms with Crippen LogP contribution in [-0.2, 0) is 19.7 Å². The molecule has 1 atom stereocenters. The van der Waals surface area contributed by atoms with Crippen LogP contribution < -0.4 is 4.74 Å². The molecule has 6 heteroatoms. The first-order valence-electron chi connectivity index (χ1n) is 9.70. The Hall–Kier alpha value is -1.86. The molecule has 0 bridgehead atoms. The summed E-state index contributed by atoms with van der Waals surface area (Å²) in [4.78, 5) is 4.79. The summed E-state index contributed by atoms with van der Waals surface area (Å²) in [7, 11) is 0. The van der Waals surface area contributed by atoms with Gasteiger partial charge >= 0.3 is 0 Å². The highest BCUT2D eigenvalue weighted by atomic mass is 16.5. The number of aliphatic hydroxyl groups is 2. The summed E-state index contributed by atoms with van der Waals surface area (Å²) < 4.78 is 11.4. The van der Waals surface area contributed by atoms with Gasteiger partial charge in [0.05, 0.1) is 13.2 Å². The van der Waals surface area contributed by atoms with Crippen LogP contribution in [0.25, 0.3) is 0 Å². The summed E-state index contributed by atoms with van der Waals surface area (Å²) in [5, 5.41) is 18.7. The molecule has 1 saturated heterocycles. The van der Waals surface area contributed by atoms with Gasteiger partial charge in [0.1, 0.15) is 23.9 Å². The number of hydrogen-bond donors (Lipinski definition) is 2. The number of ether oxygens (including phenoxy) is 1. The van der Waals surface area contributed by atoms with Gasteiger partial charge < -0.3 is 19.4 Å². The summed E-state index contributed by atoms with van der Waals surface area (Å²) in [6.07, 6.45) is 0.743. The second-order valence-corrected chi connectivity index (χ2v) is 6.94. The lowest BCUT2D eigenvalue weighted by molar-refractivity contribution is 0.0459. The smallest absolute Gasteiger partial charge is 0.129 e. The van der Waals surface area contributed by atoms with Crippen LogP contribution in [-0.4, -0.2) is 58.9 Å². The van der Waals surface area contributed by atoms with E-state index in [0.717, 1.165) is 50.7 Å². The van der Waals surface area contributed by atoms with Gasteiger partial charge in [-0.3, -0.25) is 9.80 Å². The lowest BCUT2D eigenvalue weighted by Gasteiger charge is -2.41. The van der Waals surface area contributed by atoms with Gasteiger partial charge in [-0.1, -0.05) is 18.2 Å². The molecule has 1 fully saturated rings. The van der Waals surface area contributed by atoms with Gasteiger partial charge in [0.25, 0.3) is 0 Å². The standard InChI is InChI=1S/C21H30N2O4/c1-2-26-21-6-4-3-5-17(21)13-23-11-10-22(14-18(23)9-12-24)15-19-7-8-20(16-25)27-19/h3-8,18,24-25H,2,9-16H2,1H3/t18-/m0/s1. The topological polar surface area (TPSA) is 69.3 Å². The molecule has 2 aromatic rings. The Morgan fingerprint density at radius 2 is 1.89 bits per heavy atom. The molecular weight excluding hydrogens is 344 g/mol. The Morgan fingerprint density at radius 1 is 1.07 bits per heavy atom. The molecule has 0 amide bonds. The van der Waals surface area contributed by atoms with E-state index in [1.165, 1.54) is 5.56 Å². The van der Waals surface area contributed by atoms with Gasteiger partial charge in [0, 0.05) is 44.4 Å². The molecule has 2 heterocycles. The van der Waals surface area contributed by atoms with Gasteiger partial charge in [-0.25, -0.2) is 0 Å². The third-order valence-electron chi connectivity index (χ3n) is 5.05. The van der Waals surface area contributed by atoms with Crippen LogP contribution in [0.3, 0.4) is 0 Å². The molecule has 1 aliphatic heterocycles. The first-order valence-corrected chi connectivity index (χ1v) is 9.70.